The minimum atomic E-state index is 0.407. The van der Waals surface area contributed by atoms with Gasteiger partial charge in [0.1, 0.15) is 5.75 Å². The standard InChI is InChI=1S/C14H7Br5O3/c1-21-11-4-9(17)12(18)13(19)14(11)22-10-3-6(15)2-8(16)7(10)5-20/h2-5H,1H3. The number of halogens is 5. The van der Waals surface area contributed by atoms with Gasteiger partial charge in [0.15, 0.2) is 17.8 Å². The zero-order valence-corrected chi connectivity index (χ0v) is 18.9. The molecule has 0 aliphatic carbocycles. The molecule has 3 nitrogen and oxygen atoms in total. The van der Waals surface area contributed by atoms with E-state index >= 15 is 0 Å². The first-order chi connectivity index (χ1) is 10.4. The Kier molecular flexibility index (Phi) is 6.53. The Balaban J connectivity index is 2.61. The summed E-state index contributed by atoms with van der Waals surface area (Å²) in [5.41, 5.74) is 0.413. The maximum atomic E-state index is 11.3. The van der Waals surface area contributed by atoms with Gasteiger partial charge in [0, 0.05) is 17.9 Å². The predicted molar refractivity (Wildman–Crippen MR) is 103 cm³/mol. The molecule has 2 aromatic rings. The van der Waals surface area contributed by atoms with E-state index in [4.69, 9.17) is 9.47 Å². The number of ether oxygens (including phenoxy) is 2. The van der Waals surface area contributed by atoms with Crippen LogP contribution in [0.25, 0.3) is 0 Å². The quantitative estimate of drug-likeness (QED) is 0.269. The number of hydrogen-bond donors (Lipinski definition) is 0. The summed E-state index contributed by atoms with van der Waals surface area (Å²) in [5, 5.41) is 0. The molecule has 0 aliphatic heterocycles. The van der Waals surface area contributed by atoms with Crippen molar-refractivity contribution in [3.05, 3.63) is 46.1 Å². The Bertz CT molecular complexity index is 746. The van der Waals surface area contributed by atoms with Crippen molar-refractivity contribution in [2.75, 3.05) is 7.11 Å². The van der Waals surface area contributed by atoms with Gasteiger partial charge in [0.25, 0.3) is 0 Å². The van der Waals surface area contributed by atoms with Crippen LogP contribution in [0.2, 0.25) is 0 Å². The molecule has 116 valence electrons. The third-order valence-electron chi connectivity index (χ3n) is 2.69. The molecule has 0 unspecified atom stereocenters. The molecule has 0 heterocycles. The number of carbonyl (C=O) groups excluding carboxylic acids is 1. The summed E-state index contributed by atoms with van der Waals surface area (Å²) >= 11 is 17.1. The minimum absolute atomic E-state index is 0.407. The van der Waals surface area contributed by atoms with Crippen LogP contribution in [-0.2, 0) is 0 Å². The van der Waals surface area contributed by atoms with Crippen LogP contribution in [0.1, 0.15) is 10.4 Å². The molecule has 2 rings (SSSR count). The second-order valence-electron chi connectivity index (χ2n) is 4.04. The fourth-order valence-corrected chi connectivity index (χ4v) is 4.41. The topological polar surface area (TPSA) is 35.5 Å². The van der Waals surface area contributed by atoms with Gasteiger partial charge in [-0.15, -0.1) is 0 Å². The lowest BCUT2D eigenvalue weighted by Gasteiger charge is -2.16. The minimum Gasteiger partial charge on any atom is -0.493 e. The number of hydrogen-bond acceptors (Lipinski definition) is 3. The summed E-state index contributed by atoms with van der Waals surface area (Å²) in [6.45, 7) is 0. The van der Waals surface area contributed by atoms with Crippen molar-refractivity contribution in [2.45, 2.75) is 0 Å². The van der Waals surface area contributed by atoms with Gasteiger partial charge >= 0.3 is 0 Å². The van der Waals surface area contributed by atoms with E-state index in [1.807, 2.05) is 0 Å². The largest absolute Gasteiger partial charge is 0.493 e. The first-order valence-corrected chi connectivity index (χ1v) is 9.69. The van der Waals surface area contributed by atoms with E-state index < -0.39 is 0 Å². The average molecular weight is 623 g/mol. The molecular weight excluding hydrogens is 616 g/mol. The van der Waals surface area contributed by atoms with Crippen molar-refractivity contribution in [1.29, 1.82) is 0 Å². The first-order valence-electron chi connectivity index (χ1n) is 5.72. The molecule has 0 atom stereocenters. The van der Waals surface area contributed by atoms with Crippen molar-refractivity contribution in [3.63, 3.8) is 0 Å². The summed E-state index contributed by atoms with van der Waals surface area (Å²) in [4.78, 5) is 11.3. The highest BCUT2D eigenvalue weighted by Gasteiger charge is 2.19. The monoisotopic (exact) mass is 618 g/mol. The Hall–Kier alpha value is 0.110. The van der Waals surface area contributed by atoms with Crippen molar-refractivity contribution in [1.82, 2.24) is 0 Å². The van der Waals surface area contributed by atoms with E-state index in [0.29, 0.717) is 31.8 Å². The molecule has 0 N–H and O–H groups in total. The van der Waals surface area contributed by atoms with E-state index in [9.17, 15) is 4.79 Å². The average Bonchev–Trinajstić information content (AvgIpc) is 2.47. The molecule has 0 aromatic heterocycles. The number of benzene rings is 2. The maximum Gasteiger partial charge on any atom is 0.184 e. The molecule has 0 saturated carbocycles. The van der Waals surface area contributed by atoms with E-state index in [2.05, 4.69) is 79.6 Å². The number of methoxy groups -OCH3 is 1. The van der Waals surface area contributed by atoms with Gasteiger partial charge < -0.3 is 9.47 Å². The molecule has 0 spiro atoms. The summed E-state index contributed by atoms with van der Waals surface area (Å²) in [6.07, 6.45) is 0.736. The number of rotatable bonds is 4. The highest BCUT2D eigenvalue weighted by molar-refractivity contribution is 9.14. The molecule has 0 bridgehead atoms. The second-order valence-corrected chi connectivity index (χ2v) is 8.25. The van der Waals surface area contributed by atoms with Crippen molar-refractivity contribution in [3.8, 4) is 17.2 Å². The Morgan fingerprint density at radius 3 is 2.18 bits per heavy atom. The SMILES string of the molecule is COc1cc(Br)c(Br)c(Br)c1Oc1cc(Br)cc(Br)c1C=O. The number of carbonyl (C=O) groups is 1. The molecule has 22 heavy (non-hydrogen) atoms. The van der Waals surface area contributed by atoms with Gasteiger partial charge in [0.2, 0.25) is 0 Å². The predicted octanol–water partition coefficient (Wildman–Crippen LogP) is 7.11. The second kappa shape index (κ2) is 7.79. The van der Waals surface area contributed by atoms with E-state index in [0.717, 1.165) is 19.7 Å². The summed E-state index contributed by atoms with van der Waals surface area (Å²) in [7, 11) is 1.55. The molecule has 0 amide bonds. The summed E-state index contributed by atoms with van der Waals surface area (Å²) in [5.74, 6) is 1.39. The zero-order valence-electron chi connectivity index (χ0n) is 10.9. The molecule has 0 aliphatic rings. The molecule has 8 heteroatoms. The first kappa shape index (κ1) is 18.4. The molecular formula is C14H7Br5O3. The fraction of sp³-hybridized carbons (Fsp3) is 0.0714. The van der Waals surface area contributed by atoms with Gasteiger partial charge in [0.05, 0.1) is 17.1 Å². The van der Waals surface area contributed by atoms with Crippen LogP contribution in [-0.4, -0.2) is 13.4 Å². The lowest BCUT2D eigenvalue weighted by Crippen LogP contribution is -1.96. The van der Waals surface area contributed by atoms with Crippen LogP contribution in [0.5, 0.6) is 17.2 Å². The zero-order chi connectivity index (χ0) is 16.4. The molecule has 0 saturated heterocycles. The van der Waals surface area contributed by atoms with Crippen LogP contribution >= 0.6 is 79.6 Å². The van der Waals surface area contributed by atoms with Gasteiger partial charge in [-0.05, 0) is 81.9 Å². The third kappa shape index (κ3) is 3.77. The van der Waals surface area contributed by atoms with Crippen LogP contribution in [0.15, 0.2) is 40.6 Å². The lowest BCUT2D eigenvalue weighted by atomic mass is 10.2. The molecule has 2 aromatic carbocycles. The number of aldehydes is 1. The highest BCUT2D eigenvalue weighted by atomic mass is 79.9. The lowest BCUT2D eigenvalue weighted by molar-refractivity contribution is 0.112. The Labute approximate surface area is 169 Å². The van der Waals surface area contributed by atoms with Crippen molar-refractivity contribution in [2.24, 2.45) is 0 Å². The Morgan fingerprint density at radius 1 is 0.909 bits per heavy atom. The van der Waals surface area contributed by atoms with E-state index in [-0.39, 0.29) is 0 Å². The van der Waals surface area contributed by atoms with E-state index in [1.54, 1.807) is 25.3 Å². The summed E-state index contributed by atoms with van der Waals surface area (Å²) < 4.78 is 15.0. The van der Waals surface area contributed by atoms with Gasteiger partial charge in [-0.25, -0.2) is 0 Å². The maximum absolute atomic E-state index is 11.3. The summed E-state index contributed by atoms with van der Waals surface area (Å²) in [6, 6.07) is 5.27. The van der Waals surface area contributed by atoms with Crippen LogP contribution in [0.4, 0.5) is 0 Å². The third-order valence-corrected chi connectivity index (χ3v) is 7.07. The van der Waals surface area contributed by atoms with Gasteiger partial charge in [-0.3, -0.25) is 4.79 Å². The van der Waals surface area contributed by atoms with Gasteiger partial charge in [-0.1, -0.05) is 15.9 Å². The van der Waals surface area contributed by atoms with Crippen LogP contribution < -0.4 is 9.47 Å². The molecule has 0 radical (unpaired) electrons. The smallest absolute Gasteiger partial charge is 0.184 e. The van der Waals surface area contributed by atoms with Crippen LogP contribution in [0, 0.1) is 0 Å². The van der Waals surface area contributed by atoms with Crippen molar-refractivity contribution < 1.29 is 14.3 Å². The normalized spacial score (nSPS) is 10.5. The highest BCUT2D eigenvalue weighted by Crippen LogP contribution is 2.47. The fourth-order valence-electron chi connectivity index (χ4n) is 1.67. The Morgan fingerprint density at radius 2 is 1.59 bits per heavy atom. The van der Waals surface area contributed by atoms with Crippen molar-refractivity contribution >= 4 is 85.9 Å². The van der Waals surface area contributed by atoms with E-state index in [1.165, 1.54) is 0 Å². The van der Waals surface area contributed by atoms with Crippen LogP contribution in [0.3, 0.4) is 0 Å². The van der Waals surface area contributed by atoms with Gasteiger partial charge in [-0.2, -0.15) is 0 Å². The molecule has 0 fully saturated rings.